The zero-order chi connectivity index (χ0) is 19.9. The molecule has 134 valence electrons. The van der Waals surface area contributed by atoms with Crippen LogP contribution in [-0.2, 0) is 9.59 Å². The molecule has 0 atom stereocenters. The van der Waals surface area contributed by atoms with E-state index < -0.39 is 11.9 Å². The fraction of sp³-hybridized carbons (Fsp3) is 0. The minimum absolute atomic E-state index is 0.560. The summed E-state index contributed by atoms with van der Waals surface area (Å²) in [5, 5.41) is 31.8. The van der Waals surface area contributed by atoms with Crippen LogP contribution in [0.4, 0.5) is 11.4 Å². The lowest BCUT2D eigenvalue weighted by Crippen LogP contribution is -2.09. The van der Waals surface area contributed by atoms with E-state index >= 15 is 0 Å². The summed E-state index contributed by atoms with van der Waals surface area (Å²) in [5.74, 6) is 6.60. The molecule has 0 heterocycles. The first-order chi connectivity index (χ1) is 12.4. The van der Waals surface area contributed by atoms with Crippen LogP contribution in [0.1, 0.15) is 11.1 Å². The van der Waals surface area contributed by atoms with E-state index in [1.165, 1.54) is 0 Å². The van der Waals surface area contributed by atoms with Gasteiger partial charge in [-0.25, -0.2) is 9.59 Å². The summed E-state index contributed by atoms with van der Waals surface area (Å²) in [7, 11) is 0. The number of hydrogen-bond donors (Lipinski definition) is 6. The minimum atomic E-state index is -1.82. The van der Waals surface area contributed by atoms with E-state index in [-0.39, 0.29) is 0 Å². The maximum Gasteiger partial charge on any atom is 0.414 e. The first-order valence-electron chi connectivity index (χ1n) is 6.78. The Morgan fingerprint density at radius 1 is 0.769 bits per heavy atom. The third kappa shape index (κ3) is 7.94. The predicted molar refractivity (Wildman–Crippen MR) is 93.2 cm³/mol. The summed E-state index contributed by atoms with van der Waals surface area (Å²) in [4.78, 5) is 18.2. The Hall–Kier alpha value is -4.12. The van der Waals surface area contributed by atoms with Crippen LogP contribution in [0.15, 0.2) is 48.5 Å². The van der Waals surface area contributed by atoms with Gasteiger partial charge in [-0.1, -0.05) is 24.3 Å². The van der Waals surface area contributed by atoms with E-state index in [4.69, 9.17) is 42.0 Å². The van der Waals surface area contributed by atoms with Crippen molar-refractivity contribution in [2.75, 3.05) is 10.9 Å². The molecule has 0 amide bonds. The zero-order valence-corrected chi connectivity index (χ0v) is 13.4. The Bertz CT molecular complexity index is 756. The monoisotopic (exact) mass is 356 g/mol. The fourth-order valence-corrected chi connectivity index (χ4v) is 1.41. The van der Waals surface area contributed by atoms with Crippen molar-refractivity contribution in [3.63, 3.8) is 0 Å². The summed E-state index contributed by atoms with van der Waals surface area (Å²) in [5.41, 5.74) is 7.28. The number of nitriles is 2. The normalized spacial score (nSPS) is 8.15. The van der Waals surface area contributed by atoms with Crippen LogP contribution in [0.5, 0.6) is 0 Å². The van der Waals surface area contributed by atoms with Crippen LogP contribution in [-0.4, -0.2) is 22.2 Å². The SMILES string of the molecule is N#Cc1ccccc1NN.N#Cc1ccccc1NN.O=C(O)C(=O)O. The molecule has 10 heteroatoms. The van der Waals surface area contributed by atoms with Gasteiger partial charge in [0.25, 0.3) is 0 Å². The highest BCUT2D eigenvalue weighted by atomic mass is 16.4. The highest BCUT2D eigenvalue weighted by Crippen LogP contribution is 2.11. The molecule has 0 unspecified atom stereocenters. The van der Waals surface area contributed by atoms with Gasteiger partial charge < -0.3 is 21.1 Å². The smallest absolute Gasteiger partial charge is 0.414 e. The number of carboxylic acid groups (broad SMARTS) is 2. The fourth-order valence-electron chi connectivity index (χ4n) is 1.41. The summed E-state index contributed by atoms with van der Waals surface area (Å²) >= 11 is 0. The number of benzene rings is 2. The Morgan fingerprint density at radius 3 is 1.27 bits per heavy atom. The summed E-state index contributed by atoms with van der Waals surface area (Å²) in [6, 6.07) is 18.1. The molecule has 2 aromatic carbocycles. The van der Waals surface area contributed by atoms with E-state index in [0.29, 0.717) is 22.5 Å². The van der Waals surface area contributed by atoms with Crippen LogP contribution >= 0.6 is 0 Å². The van der Waals surface area contributed by atoms with Crippen molar-refractivity contribution in [1.82, 2.24) is 0 Å². The lowest BCUT2D eigenvalue weighted by Gasteiger charge is -1.99. The molecule has 0 aromatic heterocycles. The molecule has 26 heavy (non-hydrogen) atoms. The van der Waals surface area contributed by atoms with Crippen LogP contribution < -0.4 is 22.5 Å². The number of carboxylic acids is 2. The van der Waals surface area contributed by atoms with Gasteiger partial charge in [-0.3, -0.25) is 11.7 Å². The molecule has 0 aliphatic rings. The quantitative estimate of drug-likeness (QED) is 0.254. The number of nitrogens with one attached hydrogen (secondary N) is 2. The molecule has 0 fully saturated rings. The van der Waals surface area contributed by atoms with Crippen LogP contribution in [0.3, 0.4) is 0 Å². The summed E-state index contributed by atoms with van der Waals surface area (Å²) in [6.07, 6.45) is 0. The van der Waals surface area contributed by atoms with Crippen molar-refractivity contribution in [2.45, 2.75) is 0 Å². The molecule has 0 aliphatic carbocycles. The number of hydrogen-bond acceptors (Lipinski definition) is 8. The number of nitrogens with zero attached hydrogens (tertiary/aromatic N) is 2. The summed E-state index contributed by atoms with van der Waals surface area (Å²) in [6.45, 7) is 0. The Kier molecular flexibility index (Phi) is 10.4. The molecule has 0 radical (unpaired) electrons. The molecule has 10 nitrogen and oxygen atoms in total. The molecule has 0 saturated carbocycles. The van der Waals surface area contributed by atoms with Crippen molar-refractivity contribution in [2.24, 2.45) is 11.7 Å². The highest BCUT2D eigenvalue weighted by Gasteiger charge is 2.04. The first-order valence-corrected chi connectivity index (χ1v) is 6.78. The number of rotatable bonds is 2. The summed E-state index contributed by atoms with van der Waals surface area (Å²) < 4.78 is 0. The Labute approximate surface area is 148 Å². The van der Waals surface area contributed by atoms with E-state index in [2.05, 4.69) is 10.9 Å². The lowest BCUT2D eigenvalue weighted by atomic mass is 10.2. The zero-order valence-electron chi connectivity index (χ0n) is 13.4. The average Bonchev–Trinajstić information content (AvgIpc) is 2.68. The number of nitrogen functional groups attached to an aromatic ring is 2. The number of hydrazine groups is 2. The molecule has 2 aromatic rings. The van der Waals surface area contributed by atoms with Gasteiger partial charge in [-0.05, 0) is 24.3 Å². The molecule has 0 bridgehead atoms. The molecule has 0 spiro atoms. The number of carbonyl (C=O) groups is 2. The second-order valence-corrected chi connectivity index (χ2v) is 4.21. The number of anilines is 2. The van der Waals surface area contributed by atoms with Gasteiger partial charge in [0.15, 0.2) is 0 Å². The lowest BCUT2D eigenvalue weighted by molar-refractivity contribution is -0.159. The third-order valence-corrected chi connectivity index (χ3v) is 2.59. The van der Waals surface area contributed by atoms with Crippen molar-refractivity contribution < 1.29 is 19.8 Å². The van der Waals surface area contributed by atoms with Crippen molar-refractivity contribution >= 4 is 23.3 Å². The molecule has 0 saturated heterocycles. The van der Waals surface area contributed by atoms with Gasteiger partial charge in [0.05, 0.1) is 22.5 Å². The van der Waals surface area contributed by atoms with Gasteiger partial charge in [-0.15, -0.1) is 0 Å². The third-order valence-electron chi connectivity index (χ3n) is 2.59. The predicted octanol–water partition coefficient (Wildman–Crippen LogP) is 0.843. The second kappa shape index (κ2) is 12.3. The van der Waals surface area contributed by atoms with E-state index in [9.17, 15) is 0 Å². The second-order valence-electron chi connectivity index (χ2n) is 4.21. The maximum atomic E-state index is 9.10. The Balaban J connectivity index is 0.000000375. The van der Waals surface area contributed by atoms with Gasteiger partial charge in [0.2, 0.25) is 0 Å². The number of nitrogens with two attached hydrogens (primary N) is 2. The van der Waals surface area contributed by atoms with Gasteiger partial charge in [0, 0.05) is 0 Å². The van der Waals surface area contributed by atoms with Gasteiger partial charge >= 0.3 is 11.9 Å². The molecule has 2 rings (SSSR count). The molecule has 0 aliphatic heterocycles. The van der Waals surface area contributed by atoms with Crippen LogP contribution in [0.25, 0.3) is 0 Å². The van der Waals surface area contributed by atoms with Crippen molar-refractivity contribution in [1.29, 1.82) is 10.5 Å². The standard InChI is InChI=1S/2C7H7N3.C2H2O4/c2*8-5-6-3-1-2-4-7(6)10-9;3-1(4)2(5)6/h2*1-4,10H,9H2;(H,3,4)(H,5,6). The Morgan fingerprint density at radius 2 is 1.08 bits per heavy atom. The van der Waals surface area contributed by atoms with E-state index in [1.54, 1.807) is 36.4 Å². The molecule has 8 N–H and O–H groups in total. The van der Waals surface area contributed by atoms with Gasteiger partial charge in [-0.2, -0.15) is 10.5 Å². The van der Waals surface area contributed by atoms with Crippen LogP contribution in [0.2, 0.25) is 0 Å². The first kappa shape index (κ1) is 21.9. The van der Waals surface area contributed by atoms with Crippen molar-refractivity contribution in [3.8, 4) is 12.1 Å². The van der Waals surface area contributed by atoms with E-state index in [1.807, 2.05) is 24.3 Å². The molecular weight excluding hydrogens is 340 g/mol. The topological polar surface area (TPSA) is 198 Å². The maximum absolute atomic E-state index is 9.10. The average molecular weight is 356 g/mol. The van der Waals surface area contributed by atoms with E-state index in [0.717, 1.165) is 0 Å². The minimum Gasteiger partial charge on any atom is -0.473 e. The van der Waals surface area contributed by atoms with Gasteiger partial charge in [0.1, 0.15) is 12.1 Å². The largest absolute Gasteiger partial charge is 0.473 e. The molecular formula is C16H16N6O4. The van der Waals surface area contributed by atoms with Crippen molar-refractivity contribution in [3.05, 3.63) is 59.7 Å². The number of aliphatic carboxylic acids is 2. The van der Waals surface area contributed by atoms with Crippen LogP contribution in [0, 0.1) is 22.7 Å². The number of para-hydroxylation sites is 2. The highest BCUT2D eigenvalue weighted by molar-refractivity contribution is 6.27.